The summed E-state index contributed by atoms with van der Waals surface area (Å²) in [6.07, 6.45) is 7.45. The number of ether oxygens (including phenoxy) is 3. The summed E-state index contributed by atoms with van der Waals surface area (Å²) in [6.45, 7) is 17.7. The SMILES string of the molecule is C=CCCOc1c(C)c(F)c(C=C)c(F)c1F.C=Cc1c(F)c(C)c(OCCCCSC(=O)c2ccccc2)c(F)c1F.C=Cc1c(F)c(C)c(OCCCCSC(=S)c2ccccc2)c(F)c1F. The zero-order valence-electron chi connectivity index (χ0n) is 38.2. The molecule has 0 saturated heterocycles. The van der Waals surface area contributed by atoms with E-state index in [-0.39, 0.29) is 47.4 Å². The molecule has 5 aromatic rings. The molecule has 0 radical (unpaired) electrons. The Balaban J connectivity index is 0.000000281. The average Bonchev–Trinajstić information content (AvgIpc) is 3.36. The quantitative estimate of drug-likeness (QED) is 0.0239. The van der Waals surface area contributed by atoms with Crippen LogP contribution in [0.15, 0.2) is 93.1 Å². The molecule has 0 saturated carbocycles. The van der Waals surface area contributed by atoms with Gasteiger partial charge in [-0.1, -0.05) is 129 Å². The Morgan fingerprint density at radius 3 is 1.20 bits per heavy atom. The van der Waals surface area contributed by atoms with Crippen molar-refractivity contribution in [3.8, 4) is 17.2 Å². The molecule has 0 N–H and O–H groups in total. The molecule has 0 heterocycles. The molecule has 0 unspecified atom stereocenters. The topological polar surface area (TPSA) is 44.8 Å². The van der Waals surface area contributed by atoms with Crippen LogP contribution in [-0.2, 0) is 0 Å². The van der Waals surface area contributed by atoms with Crippen molar-refractivity contribution >= 4 is 63.3 Å². The summed E-state index contributed by atoms with van der Waals surface area (Å²) in [5, 5.41) is -0.0161. The van der Waals surface area contributed by atoms with Gasteiger partial charge < -0.3 is 14.2 Å². The van der Waals surface area contributed by atoms with Crippen LogP contribution in [0.3, 0.4) is 0 Å². The second kappa shape index (κ2) is 29.3. The Morgan fingerprint density at radius 2 is 0.841 bits per heavy atom. The van der Waals surface area contributed by atoms with Crippen LogP contribution < -0.4 is 14.2 Å². The van der Waals surface area contributed by atoms with E-state index in [9.17, 15) is 44.3 Å². The highest BCUT2D eigenvalue weighted by Gasteiger charge is 2.25. The predicted octanol–water partition coefficient (Wildman–Crippen LogP) is 16.1. The number of rotatable bonds is 21. The summed E-state index contributed by atoms with van der Waals surface area (Å²) in [5.74, 6) is -9.85. The molecule has 0 aromatic heterocycles. The van der Waals surface area contributed by atoms with Gasteiger partial charge in [0.2, 0.25) is 22.6 Å². The third-order valence-corrected chi connectivity index (χ3v) is 12.4. The largest absolute Gasteiger partial charge is 0.490 e. The van der Waals surface area contributed by atoms with Gasteiger partial charge in [0.1, 0.15) is 17.5 Å². The molecule has 4 nitrogen and oxygen atoms in total. The Labute approximate surface area is 411 Å². The minimum absolute atomic E-state index is 0.0161. The summed E-state index contributed by atoms with van der Waals surface area (Å²) < 4.78 is 141. The molecule has 368 valence electrons. The number of carbonyl (C=O) groups is 1. The lowest BCUT2D eigenvalue weighted by molar-refractivity contribution is 0.108. The molecule has 69 heavy (non-hydrogen) atoms. The Bertz CT molecular complexity index is 2370. The molecule has 16 heteroatoms. The highest BCUT2D eigenvalue weighted by Crippen LogP contribution is 2.34. The number of thioether (sulfide) groups is 2. The molecule has 0 aliphatic heterocycles. The summed E-state index contributed by atoms with van der Waals surface area (Å²) >= 11 is 8.11. The first kappa shape index (κ1) is 57.6. The fourth-order valence-electron chi connectivity index (χ4n) is 6.04. The molecule has 0 fully saturated rings. The molecule has 0 aliphatic carbocycles. The number of benzene rings is 5. The number of thiocarbonyl (C=S) groups is 1. The number of hydrogen-bond donors (Lipinski definition) is 0. The van der Waals surface area contributed by atoms with Crippen molar-refractivity contribution in [2.45, 2.75) is 52.9 Å². The summed E-state index contributed by atoms with van der Waals surface area (Å²) in [7, 11) is 0. The van der Waals surface area contributed by atoms with Crippen molar-refractivity contribution in [1.29, 1.82) is 0 Å². The van der Waals surface area contributed by atoms with Crippen molar-refractivity contribution in [1.82, 2.24) is 0 Å². The number of unbranched alkanes of at least 4 members (excludes halogenated alkanes) is 2. The van der Waals surface area contributed by atoms with E-state index in [0.717, 1.165) is 40.2 Å². The third-order valence-electron chi connectivity index (χ3n) is 9.84. The molecule has 0 spiro atoms. The van der Waals surface area contributed by atoms with Gasteiger partial charge in [0.05, 0.1) is 24.0 Å². The zero-order valence-corrected chi connectivity index (χ0v) is 40.7. The first-order valence-corrected chi connectivity index (χ1v) is 23.7. The van der Waals surface area contributed by atoms with E-state index in [2.05, 4.69) is 26.3 Å². The van der Waals surface area contributed by atoms with Gasteiger partial charge in [-0.15, -0.1) is 18.3 Å². The van der Waals surface area contributed by atoms with E-state index >= 15 is 0 Å². The van der Waals surface area contributed by atoms with Gasteiger partial charge in [0.25, 0.3) is 0 Å². The van der Waals surface area contributed by atoms with Crippen LogP contribution >= 0.6 is 35.7 Å². The van der Waals surface area contributed by atoms with E-state index < -0.39 is 80.5 Å². The van der Waals surface area contributed by atoms with E-state index in [4.69, 9.17) is 26.4 Å². The maximum absolute atomic E-state index is 14.0. The number of halogens is 9. The van der Waals surface area contributed by atoms with Crippen molar-refractivity contribution in [3.63, 3.8) is 0 Å². The van der Waals surface area contributed by atoms with Crippen molar-refractivity contribution in [2.75, 3.05) is 31.3 Å². The second-order valence-corrected chi connectivity index (χ2v) is 17.4. The third kappa shape index (κ3) is 15.9. The van der Waals surface area contributed by atoms with Crippen LogP contribution in [0.2, 0.25) is 0 Å². The summed E-state index contributed by atoms with van der Waals surface area (Å²) in [6, 6.07) is 18.7. The Morgan fingerprint density at radius 1 is 0.493 bits per heavy atom. The van der Waals surface area contributed by atoms with Crippen LogP contribution in [0.25, 0.3) is 18.2 Å². The molecule has 5 rings (SSSR count). The minimum atomic E-state index is -1.30. The van der Waals surface area contributed by atoms with Crippen LogP contribution in [0.4, 0.5) is 39.5 Å². The van der Waals surface area contributed by atoms with Crippen molar-refractivity contribution < 1.29 is 58.5 Å². The van der Waals surface area contributed by atoms with Gasteiger partial charge in [-0.3, -0.25) is 4.79 Å². The molecule has 0 bridgehead atoms. The normalized spacial score (nSPS) is 10.5. The van der Waals surface area contributed by atoms with Crippen LogP contribution in [0.5, 0.6) is 17.2 Å². The average molecular weight is 1020 g/mol. The highest BCUT2D eigenvalue weighted by molar-refractivity contribution is 8.23. The molecule has 5 aromatic carbocycles. The highest BCUT2D eigenvalue weighted by atomic mass is 32.2. The Hall–Kier alpha value is -5.71. The standard InChI is InChI=1S/C20H19F3O2S.C20H19F3OS2.C13H13F3O/c1-3-15-16(21)13(2)19(18(23)17(15)22)25-11-7-8-12-26-20(24)14-9-5-4-6-10-14;1-3-15-16(21)13(2)19(18(23)17(15)22)24-11-7-8-12-26-20(25)14-9-5-4-6-10-14;1-4-6-7-17-13-8(3)10(14)9(5-2)11(15)12(13)16/h2*3-6,9-10H,1,7-8,11-12H2,2H3;4-5H,1-2,6-7H2,3H3. The summed E-state index contributed by atoms with van der Waals surface area (Å²) in [4.78, 5) is 11.9. The molecular weight excluding hydrogens is 968 g/mol. The van der Waals surface area contributed by atoms with Crippen molar-refractivity contribution in [2.24, 2.45) is 0 Å². The second-order valence-electron chi connectivity index (χ2n) is 14.6. The molecule has 0 aliphatic rings. The monoisotopic (exact) mass is 1020 g/mol. The van der Waals surface area contributed by atoms with E-state index in [1.165, 1.54) is 32.5 Å². The van der Waals surface area contributed by atoms with Gasteiger partial charge in [-0.2, -0.15) is 13.2 Å². The first-order chi connectivity index (χ1) is 33.0. The summed E-state index contributed by atoms with van der Waals surface area (Å²) in [5.41, 5.74) is -0.0134. The maximum Gasteiger partial charge on any atom is 0.219 e. The molecule has 0 amide bonds. The van der Waals surface area contributed by atoms with Crippen LogP contribution in [-0.4, -0.2) is 40.6 Å². The van der Waals surface area contributed by atoms with Gasteiger partial charge in [0.15, 0.2) is 34.7 Å². The van der Waals surface area contributed by atoms with Gasteiger partial charge >= 0.3 is 0 Å². The number of carbonyl (C=O) groups excluding carboxylic acids is 1. The van der Waals surface area contributed by atoms with Gasteiger partial charge in [-0.05, 0) is 64.2 Å². The molecule has 0 atom stereocenters. The van der Waals surface area contributed by atoms with Gasteiger partial charge in [-0.25, -0.2) is 26.3 Å². The maximum atomic E-state index is 14.0. The van der Waals surface area contributed by atoms with E-state index in [1.807, 2.05) is 36.4 Å². The fraction of sp³-hybridized carbons (Fsp3) is 0.245. The minimum Gasteiger partial charge on any atom is -0.490 e. The first-order valence-electron chi connectivity index (χ1n) is 21.3. The lowest BCUT2D eigenvalue weighted by atomic mass is 10.1. The van der Waals surface area contributed by atoms with Crippen molar-refractivity contribution in [3.05, 3.63) is 190 Å². The lowest BCUT2D eigenvalue weighted by Crippen LogP contribution is -2.07. The van der Waals surface area contributed by atoms with E-state index in [1.54, 1.807) is 42.1 Å². The predicted molar refractivity (Wildman–Crippen MR) is 267 cm³/mol. The smallest absolute Gasteiger partial charge is 0.219 e. The van der Waals surface area contributed by atoms with Gasteiger partial charge in [0, 0.05) is 44.7 Å². The fourth-order valence-corrected chi connectivity index (χ4v) is 8.10. The van der Waals surface area contributed by atoms with Crippen LogP contribution in [0.1, 0.15) is 81.4 Å². The van der Waals surface area contributed by atoms with Crippen LogP contribution in [0, 0.1) is 73.1 Å². The molecular formula is C53H51F9O4S3. The zero-order chi connectivity index (χ0) is 51.2. The van der Waals surface area contributed by atoms with E-state index in [0.29, 0.717) is 37.0 Å². The number of hydrogen-bond acceptors (Lipinski definition) is 7. The Kier molecular flexibility index (Phi) is 24.5. The lowest BCUT2D eigenvalue weighted by Gasteiger charge is -2.13.